The first kappa shape index (κ1) is 16.3. The maximum atomic E-state index is 12.3. The highest BCUT2D eigenvalue weighted by Crippen LogP contribution is 2.28. The molecule has 7 nitrogen and oxygen atoms in total. The number of amides is 2. The molecule has 0 spiro atoms. The van der Waals surface area contributed by atoms with E-state index in [0.29, 0.717) is 24.5 Å². The average Bonchev–Trinajstić information content (AvgIpc) is 2.54. The van der Waals surface area contributed by atoms with E-state index in [1.807, 2.05) is 18.2 Å². The molecular weight excluding hydrogens is 286 g/mol. The Morgan fingerprint density at radius 3 is 2.77 bits per heavy atom. The number of piperazine rings is 1. The number of aliphatic hydroxyl groups excluding tert-OH is 1. The predicted molar refractivity (Wildman–Crippen MR) is 81.6 cm³/mol. The summed E-state index contributed by atoms with van der Waals surface area (Å²) >= 11 is 0. The van der Waals surface area contributed by atoms with Crippen LogP contribution in [0.2, 0.25) is 0 Å². The molecule has 1 aromatic rings. The van der Waals surface area contributed by atoms with E-state index < -0.39 is 6.10 Å². The van der Waals surface area contributed by atoms with Crippen molar-refractivity contribution in [1.82, 2.24) is 4.90 Å². The van der Waals surface area contributed by atoms with Crippen LogP contribution in [0, 0.1) is 0 Å². The zero-order valence-electron chi connectivity index (χ0n) is 12.6. The minimum absolute atomic E-state index is 0.00578. The third kappa shape index (κ3) is 3.55. The van der Waals surface area contributed by atoms with Crippen LogP contribution in [-0.2, 0) is 9.59 Å². The quantitative estimate of drug-likeness (QED) is 0.770. The van der Waals surface area contributed by atoms with E-state index in [9.17, 15) is 14.7 Å². The molecule has 1 heterocycles. The molecule has 1 aliphatic heterocycles. The van der Waals surface area contributed by atoms with Crippen LogP contribution < -0.4 is 15.4 Å². The molecule has 1 aliphatic rings. The molecule has 7 heteroatoms. The van der Waals surface area contributed by atoms with E-state index in [1.165, 1.54) is 4.90 Å². The minimum Gasteiger partial charge on any atom is -0.495 e. The summed E-state index contributed by atoms with van der Waals surface area (Å²) in [7, 11) is 1.55. The molecule has 1 saturated heterocycles. The van der Waals surface area contributed by atoms with Crippen LogP contribution >= 0.6 is 0 Å². The zero-order chi connectivity index (χ0) is 16.1. The van der Waals surface area contributed by atoms with E-state index in [1.54, 1.807) is 18.1 Å². The fraction of sp³-hybridized carbons (Fsp3) is 0.467. The Hall–Kier alpha value is -2.12. The number of methoxy groups -OCH3 is 1. The molecule has 2 amide bonds. The van der Waals surface area contributed by atoms with Crippen molar-refractivity contribution in [1.29, 1.82) is 0 Å². The second kappa shape index (κ2) is 7.24. The highest BCUT2D eigenvalue weighted by atomic mass is 16.5. The number of carbonyl (C=O) groups is 2. The van der Waals surface area contributed by atoms with Gasteiger partial charge in [0, 0.05) is 19.6 Å². The van der Waals surface area contributed by atoms with E-state index in [2.05, 4.69) is 0 Å². The molecule has 3 N–H and O–H groups in total. The molecule has 2 rings (SSSR count). The fourth-order valence-electron chi connectivity index (χ4n) is 2.41. The number of ether oxygens (including phenoxy) is 1. The van der Waals surface area contributed by atoms with Crippen LogP contribution in [0.25, 0.3) is 0 Å². The number of anilines is 1. The summed E-state index contributed by atoms with van der Waals surface area (Å²) in [6.07, 6.45) is -0.923. The zero-order valence-corrected chi connectivity index (χ0v) is 12.6. The summed E-state index contributed by atoms with van der Waals surface area (Å²) in [5, 5.41) is 9.44. The lowest BCUT2D eigenvalue weighted by atomic mass is 10.2. The standard InChI is InChI=1S/C15H21N3O4/c1-22-13-5-3-2-4-12(13)18-7-6-17(10-15(18)21)14(20)8-11(19)9-16/h2-5,11,19H,6-10,16H2,1H3. The first-order valence-electron chi connectivity index (χ1n) is 7.16. The number of aliphatic hydroxyl groups is 1. The Kier molecular flexibility index (Phi) is 5.35. The van der Waals surface area contributed by atoms with Gasteiger partial charge in [-0.15, -0.1) is 0 Å². The fourth-order valence-corrected chi connectivity index (χ4v) is 2.41. The van der Waals surface area contributed by atoms with Crippen LogP contribution in [-0.4, -0.2) is 61.2 Å². The van der Waals surface area contributed by atoms with Gasteiger partial charge in [-0.2, -0.15) is 0 Å². The Morgan fingerprint density at radius 2 is 2.14 bits per heavy atom. The number of benzene rings is 1. The third-order valence-electron chi connectivity index (χ3n) is 3.63. The van der Waals surface area contributed by atoms with Gasteiger partial charge in [-0.3, -0.25) is 9.59 Å². The Morgan fingerprint density at radius 1 is 1.41 bits per heavy atom. The van der Waals surface area contributed by atoms with Gasteiger partial charge < -0.3 is 25.4 Å². The lowest BCUT2D eigenvalue weighted by Gasteiger charge is -2.35. The van der Waals surface area contributed by atoms with Gasteiger partial charge >= 0.3 is 0 Å². The molecule has 1 aromatic carbocycles. The number of nitrogens with zero attached hydrogens (tertiary/aromatic N) is 2. The van der Waals surface area contributed by atoms with Gasteiger partial charge in [0.25, 0.3) is 0 Å². The molecule has 0 saturated carbocycles. The van der Waals surface area contributed by atoms with Gasteiger partial charge in [0.05, 0.1) is 25.3 Å². The minimum atomic E-state index is -0.866. The summed E-state index contributed by atoms with van der Waals surface area (Å²) in [5.74, 6) is 0.187. The lowest BCUT2D eigenvalue weighted by Crippen LogP contribution is -2.53. The third-order valence-corrected chi connectivity index (χ3v) is 3.63. The number of hydrogen-bond acceptors (Lipinski definition) is 5. The highest BCUT2D eigenvalue weighted by molar-refractivity contribution is 5.99. The van der Waals surface area contributed by atoms with Crippen molar-refractivity contribution in [2.45, 2.75) is 12.5 Å². The lowest BCUT2D eigenvalue weighted by molar-refractivity contribution is -0.138. The van der Waals surface area contributed by atoms with Crippen molar-refractivity contribution in [3.05, 3.63) is 24.3 Å². The highest BCUT2D eigenvalue weighted by Gasteiger charge is 2.29. The maximum Gasteiger partial charge on any atom is 0.246 e. The second-order valence-corrected chi connectivity index (χ2v) is 5.13. The van der Waals surface area contributed by atoms with Crippen molar-refractivity contribution in [2.24, 2.45) is 5.73 Å². The summed E-state index contributed by atoms with van der Waals surface area (Å²) in [4.78, 5) is 27.4. The molecule has 120 valence electrons. The van der Waals surface area contributed by atoms with Gasteiger partial charge in [0.15, 0.2) is 0 Å². The van der Waals surface area contributed by atoms with E-state index >= 15 is 0 Å². The van der Waals surface area contributed by atoms with Gasteiger partial charge in [-0.25, -0.2) is 0 Å². The topological polar surface area (TPSA) is 96.1 Å². The van der Waals surface area contributed by atoms with E-state index in [4.69, 9.17) is 10.5 Å². The van der Waals surface area contributed by atoms with Crippen LogP contribution in [0.1, 0.15) is 6.42 Å². The summed E-state index contributed by atoms with van der Waals surface area (Å²) in [6, 6.07) is 7.27. The average molecular weight is 307 g/mol. The number of hydrogen-bond donors (Lipinski definition) is 2. The Bertz CT molecular complexity index is 549. The molecule has 0 bridgehead atoms. The molecular formula is C15H21N3O4. The van der Waals surface area contributed by atoms with Crippen LogP contribution in [0.3, 0.4) is 0 Å². The van der Waals surface area contributed by atoms with Crippen LogP contribution in [0.15, 0.2) is 24.3 Å². The number of nitrogens with two attached hydrogens (primary N) is 1. The Balaban J connectivity index is 2.04. The van der Waals surface area contributed by atoms with Crippen molar-refractivity contribution in [3.63, 3.8) is 0 Å². The molecule has 0 aromatic heterocycles. The first-order valence-corrected chi connectivity index (χ1v) is 7.16. The number of rotatable bonds is 5. The van der Waals surface area contributed by atoms with Gasteiger partial charge in [-0.1, -0.05) is 12.1 Å². The normalized spacial score (nSPS) is 16.6. The smallest absolute Gasteiger partial charge is 0.246 e. The van der Waals surface area contributed by atoms with Crippen LogP contribution in [0.5, 0.6) is 5.75 Å². The van der Waals surface area contributed by atoms with Crippen molar-refractivity contribution in [3.8, 4) is 5.75 Å². The molecule has 1 fully saturated rings. The second-order valence-electron chi connectivity index (χ2n) is 5.13. The van der Waals surface area contributed by atoms with E-state index in [0.717, 1.165) is 0 Å². The maximum absolute atomic E-state index is 12.3. The number of para-hydroxylation sites is 2. The van der Waals surface area contributed by atoms with Gasteiger partial charge in [-0.05, 0) is 12.1 Å². The molecule has 0 aliphatic carbocycles. The molecule has 1 unspecified atom stereocenters. The largest absolute Gasteiger partial charge is 0.495 e. The van der Waals surface area contributed by atoms with Crippen LogP contribution in [0.4, 0.5) is 5.69 Å². The van der Waals surface area contributed by atoms with Gasteiger partial charge in [0.2, 0.25) is 11.8 Å². The Labute approximate surface area is 129 Å². The van der Waals surface area contributed by atoms with Gasteiger partial charge in [0.1, 0.15) is 12.3 Å². The monoisotopic (exact) mass is 307 g/mol. The summed E-state index contributed by atoms with van der Waals surface area (Å²) < 4.78 is 5.27. The van der Waals surface area contributed by atoms with E-state index in [-0.39, 0.29) is 31.3 Å². The van der Waals surface area contributed by atoms with Crippen molar-refractivity contribution >= 4 is 17.5 Å². The number of carbonyl (C=O) groups excluding carboxylic acids is 2. The first-order chi connectivity index (χ1) is 10.6. The molecule has 1 atom stereocenters. The SMILES string of the molecule is COc1ccccc1N1CCN(C(=O)CC(O)CN)CC1=O. The molecule has 0 radical (unpaired) electrons. The van der Waals surface area contributed by atoms with Crippen molar-refractivity contribution < 1.29 is 19.4 Å². The van der Waals surface area contributed by atoms with Crippen molar-refractivity contribution in [2.75, 3.05) is 38.2 Å². The predicted octanol–water partition coefficient (Wildman–Crippen LogP) is -0.420. The molecule has 22 heavy (non-hydrogen) atoms. The summed E-state index contributed by atoms with van der Waals surface area (Å²) in [6.45, 7) is 0.832. The summed E-state index contributed by atoms with van der Waals surface area (Å²) in [5.41, 5.74) is 6.00.